The molecular weight excluding hydrogens is 286 g/mol. The summed E-state index contributed by atoms with van der Waals surface area (Å²) in [5.41, 5.74) is 1.99. The van der Waals surface area contributed by atoms with Crippen molar-refractivity contribution in [3.05, 3.63) is 69.0 Å². The third kappa shape index (κ3) is 3.47. The van der Waals surface area contributed by atoms with Gasteiger partial charge in [0.25, 0.3) is 0 Å². The monoisotopic (exact) mass is 298 g/mol. The minimum Gasteiger partial charge on any atom is -0.388 e. The SMILES string of the molecule is Cc1cc(C(O)Cc2ccc(Cl)cc2Cl)ccc1F. The third-order valence-electron chi connectivity index (χ3n) is 3.00. The zero-order valence-electron chi connectivity index (χ0n) is 10.3. The van der Waals surface area contributed by atoms with Crippen molar-refractivity contribution in [2.45, 2.75) is 19.4 Å². The van der Waals surface area contributed by atoms with Gasteiger partial charge in [0.1, 0.15) is 5.82 Å². The molecule has 1 atom stereocenters. The van der Waals surface area contributed by atoms with Crippen LogP contribution in [-0.4, -0.2) is 5.11 Å². The maximum Gasteiger partial charge on any atom is 0.126 e. The highest BCUT2D eigenvalue weighted by atomic mass is 35.5. The van der Waals surface area contributed by atoms with Crippen LogP contribution in [0.15, 0.2) is 36.4 Å². The molecule has 1 N–H and O–H groups in total. The highest BCUT2D eigenvalue weighted by molar-refractivity contribution is 6.35. The molecular formula is C15H13Cl2FO. The van der Waals surface area contributed by atoms with E-state index in [0.29, 0.717) is 27.6 Å². The molecule has 0 aliphatic heterocycles. The van der Waals surface area contributed by atoms with E-state index in [2.05, 4.69) is 0 Å². The summed E-state index contributed by atoms with van der Waals surface area (Å²) in [5.74, 6) is -0.277. The lowest BCUT2D eigenvalue weighted by Crippen LogP contribution is -2.03. The lowest BCUT2D eigenvalue weighted by molar-refractivity contribution is 0.178. The van der Waals surface area contributed by atoms with Crippen LogP contribution < -0.4 is 0 Å². The summed E-state index contributed by atoms with van der Waals surface area (Å²) in [7, 11) is 0. The van der Waals surface area contributed by atoms with Gasteiger partial charge in [0, 0.05) is 16.5 Å². The van der Waals surface area contributed by atoms with Crippen molar-refractivity contribution in [2.24, 2.45) is 0 Å². The van der Waals surface area contributed by atoms with Gasteiger partial charge in [0.05, 0.1) is 6.10 Å². The molecule has 0 saturated carbocycles. The van der Waals surface area contributed by atoms with Gasteiger partial charge in [-0.25, -0.2) is 4.39 Å². The second kappa shape index (κ2) is 5.91. The first kappa shape index (κ1) is 14.3. The van der Waals surface area contributed by atoms with Crippen molar-refractivity contribution in [2.75, 3.05) is 0 Å². The Hall–Kier alpha value is -1.09. The number of benzene rings is 2. The van der Waals surface area contributed by atoms with Gasteiger partial charge < -0.3 is 5.11 Å². The summed E-state index contributed by atoms with van der Waals surface area (Å²) >= 11 is 11.9. The summed E-state index contributed by atoms with van der Waals surface area (Å²) in [4.78, 5) is 0. The largest absolute Gasteiger partial charge is 0.388 e. The average molecular weight is 299 g/mol. The zero-order chi connectivity index (χ0) is 14.0. The summed E-state index contributed by atoms with van der Waals surface area (Å²) < 4.78 is 13.2. The van der Waals surface area contributed by atoms with E-state index >= 15 is 0 Å². The van der Waals surface area contributed by atoms with Gasteiger partial charge in [-0.3, -0.25) is 0 Å². The Morgan fingerprint density at radius 1 is 1.16 bits per heavy atom. The first-order valence-electron chi connectivity index (χ1n) is 5.85. The molecule has 2 rings (SSSR count). The fourth-order valence-electron chi connectivity index (χ4n) is 1.89. The molecule has 0 spiro atoms. The Balaban J connectivity index is 2.20. The minimum absolute atomic E-state index is 0.277. The predicted molar refractivity (Wildman–Crippen MR) is 76.3 cm³/mol. The topological polar surface area (TPSA) is 20.2 Å². The number of aliphatic hydroxyl groups excluding tert-OH is 1. The quantitative estimate of drug-likeness (QED) is 0.869. The van der Waals surface area contributed by atoms with Crippen LogP contribution in [0.5, 0.6) is 0 Å². The van der Waals surface area contributed by atoms with Crippen molar-refractivity contribution in [1.82, 2.24) is 0 Å². The Morgan fingerprint density at radius 3 is 2.53 bits per heavy atom. The van der Waals surface area contributed by atoms with Gasteiger partial charge in [-0.1, -0.05) is 41.4 Å². The summed E-state index contributed by atoms with van der Waals surface area (Å²) in [6, 6.07) is 9.73. The van der Waals surface area contributed by atoms with Crippen LogP contribution in [0.2, 0.25) is 10.0 Å². The first-order chi connectivity index (χ1) is 8.97. The highest BCUT2D eigenvalue weighted by Crippen LogP contribution is 2.26. The number of aryl methyl sites for hydroxylation is 1. The van der Waals surface area contributed by atoms with Gasteiger partial charge in [-0.05, 0) is 41.8 Å². The van der Waals surface area contributed by atoms with E-state index in [0.717, 1.165) is 5.56 Å². The summed E-state index contributed by atoms with van der Waals surface area (Å²) in [6.07, 6.45) is -0.362. The van der Waals surface area contributed by atoms with Crippen molar-refractivity contribution in [3.63, 3.8) is 0 Å². The van der Waals surface area contributed by atoms with Crippen molar-refractivity contribution >= 4 is 23.2 Å². The Bertz CT molecular complexity index is 599. The molecule has 2 aromatic carbocycles. The maximum atomic E-state index is 13.2. The van der Waals surface area contributed by atoms with Crippen LogP contribution in [0.25, 0.3) is 0 Å². The molecule has 1 unspecified atom stereocenters. The number of hydrogen-bond acceptors (Lipinski definition) is 1. The van der Waals surface area contributed by atoms with Crippen LogP contribution >= 0.6 is 23.2 Å². The second-order valence-electron chi connectivity index (χ2n) is 4.46. The van der Waals surface area contributed by atoms with E-state index in [1.54, 1.807) is 37.3 Å². The van der Waals surface area contributed by atoms with Gasteiger partial charge in [-0.15, -0.1) is 0 Å². The van der Waals surface area contributed by atoms with Crippen LogP contribution in [-0.2, 0) is 6.42 Å². The molecule has 1 nitrogen and oxygen atoms in total. The Kier molecular flexibility index (Phi) is 4.46. The lowest BCUT2D eigenvalue weighted by Gasteiger charge is -2.13. The molecule has 0 radical (unpaired) electrons. The van der Waals surface area contributed by atoms with E-state index in [-0.39, 0.29) is 5.82 Å². The van der Waals surface area contributed by atoms with Crippen LogP contribution in [0, 0.1) is 12.7 Å². The van der Waals surface area contributed by atoms with Gasteiger partial charge >= 0.3 is 0 Å². The number of hydrogen-bond donors (Lipinski definition) is 1. The van der Waals surface area contributed by atoms with E-state index in [4.69, 9.17) is 23.2 Å². The van der Waals surface area contributed by atoms with E-state index in [1.807, 2.05) is 0 Å². The molecule has 100 valence electrons. The predicted octanol–water partition coefficient (Wildman–Crippen LogP) is 4.72. The normalized spacial score (nSPS) is 12.5. The standard InChI is InChI=1S/C15H13Cl2FO/c1-9-6-11(3-5-14(9)18)15(19)7-10-2-4-12(16)8-13(10)17/h2-6,8,15,19H,7H2,1H3. The van der Waals surface area contributed by atoms with Crippen LogP contribution in [0.4, 0.5) is 4.39 Å². The van der Waals surface area contributed by atoms with Crippen molar-refractivity contribution in [1.29, 1.82) is 0 Å². The lowest BCUT2D eigenvalue weighted by atomic mass is 10.00. The smallest absolute Gasteiger partial charge is 0.126 e. The molecule has 2 aromatic rings. The first-order valence-corrected chi connectivity index (χ1v) is 6.61. The molecule has 0 amide bonds. The Labute approximate surface area is 121 Å². The fourth-order valence-corrected chi connectivity index (χ4v) is 2.37. The second-order valence-corrected chi connectivity index (χ2v) is 5.31. The third-order valence-corrected chi connectivity index (χ3v) is 3.58. The average Bonchev–Trinajstić information content (AvgIpc) is 2.36. The maximum absolute atomic E-state index is 13.2. The summed E-state index contributed by atoms with van der Waals surface area (Å²) in [5, 5.41) is 11.2. The summed E-state index contributed by atoms with van der Waals surface area (Å²) in [6.45, 7) is 1.67. The van der Waals surface area contributed by atoms with Crippen LogP contribution in [0.3, 0.4) is 0 Å². The molecule has 0 heterocycles. The minimum atomic E-state index is -0.724. The molecule has 0 fully saturated rings. The molecule has 0 bridgehead atoms. The number of halogens is 3. The molecule has 0 aliphatic rings. The Morgan fingerprint density at radius 2 is 1.89 bits per heavy atom. The van der Waals surface area contributed by atoms with E-state index in [1.165, 1.54) is 6.07 Å². The van der Waals surface area contributed by atoms with E-state index in [9.17, 15) is 9.50 Å². The van der Waals surface area contributed by atoms with Gasteiger partial charge in [0.2, 0.25) is 0 Å². The zero-order valence-corrected chi connectivity index (χ0v) is 11.8. The highest BCUT2D eigenvalue weighted by Gasteiger charge is 2.12. The number of aliphatic hydroxyl groups is 1. The van der Waals surface area contributed by atoms with Gasteiger partial charge in [0.15, 0.2) is 0 Å². The van der Waals surface area contributed by atoms with E-state index < -0.39 is 6.10 Å². The molecule has 19 heavy (non-hydrogen) atoms. The fraction of sp³-hybridized carbons (Fsp3) is 0.200. The number of rotatable bonds is 3. The van der Waals surface area contributed by atoms with Crippen LogP contribution in [0.1, 0.15) is 22.8 Å². The molecule has 0 aromatic heterocycles. The van der Waals surface area contributed by atoms with Gasteiger partial charge in [-0.2, -0.15) is 0 Å². The molecule has 4 heteroatoms. The van der Waals surface area contributed by atoms with Crippen molar-refractivity contribution < 1.29 is 9.50 Å². The van der Waals surface area contributed by atoms with Crippen molar-refractivity contribution in [3.8, 4) is 0 Å². The molecule has 0 aliphatic carbocycles. The molecule has 0 saturated heterocycles.